The Morgan fingerprint density at radius 2 is 1.42 bits per heavy atom. The van der Waals surface area contributed by atoms with Crippen molar-refractivity contribution in [3.63, 3.8) is 0 Å². The number of benzene rings is 4. The Morgan fingerprint density at radius 3 is 2.04 bits per heavy atom. The van der Waals surface area contributed by atoms with Crippen molar-refractivity contribution in [1.29, 1.82) is 0 Å². The molecule has 13 heteroatoms. The normalized spacial score (nSPS) is 25.9. The molecule has 0 radical (unpaired) electrons. The van der Waals surface area contributed by atoms with Gasteiger partial charge in [-0.1, -0.05) is 29.8 Å². The van der Waals surface area contributed by atoms with Gasteiger partial charge in [0.1, 0.15) is 0 Å². The number of phenolic OH excluding ortho intramolecular Hbond substituents is 1. The Labute approximate surface area is 334 Å². The number of ether oxygens (including phenoxy) is 1. The molecule has 0 aromatic heterocycles. The van der Waals surface area contributed by atoms with Crippen LogP contribution in [-0.2, 0) is 19.2 Å². The Hall–Kier alpha value is -5.14. The number of rotatable bonds is 7. The first kappa shape index (κ1) is 36.8. The van der Waals surface area contributed by atoms with Crippen LogP contribution in [0.4, 0.5) is 28.4 Å². The first-order valence-electron chi connectivity index (χ1n) is 17.9. The molecule has 6 atom stereocenters. The van der Waals surface area contributed by atoms with Gasteiger partial charge in [0.25, 0.3) is 0 Å². The Balaban J connectivity index is 1.16. The number of fused-ring (bicyclic) bond motifs is 4. The first-order valence-corrected chi connectivity index (χ1v) is 19.5. The number of allylic oxidation sites excluding steroid dienone is 2. The molecule has 2 saturated heterocycles. The second-order valence-corrected chi connectivity index (χ2v) is 16.4. The molecular formula is C42H37Br2N5O6. The van der Waals surface area contributed by atoms with Gasteiger partial charge < -0.3 is 14.7 Å². The summed E-state index contributed by atoms with van der Waals surface area (Å²) in [6.45, 7) is 1.82. The van der Waals surface area contributed by atoms with E-state index in [1.807, 2.05) is 62.3 Å². The maximum atomic E-state index is 14.7. The summed E-state index contributed by atoms with van der Waals surface area (Å²) in [5, 5.41) is 19.6. The van der Waals surface area contributed by atoms with Crippen LogP contribution in [0.15, 0.2) is 116 Å². The number of aromatic hydroxyl groups is 1. The fraction of sp³-hybridized carbons (Fsp3) is 0.286. The predicted molar refractivity (Wildman–Crippen MR) is 215 cm³/mol. The lowest BCUT2D eigenvalue weighted by Crippen LogP contribution is -2.49. The molecule has 2 aliphatic carbocycles. The summed E-state index contributed by atoms with van der Waals surface area (Å²) in [5.41, 5.74) is 3.35. The van der Waals surface area contributed by atoms with Crippen molar-refractivity contribution in [3.05, 3.63) is 111 Å². The minimum Gasteiger partial charge on any atom is -0.503 e. The number of amides is 4. The summed E-state index contributed by atoms with van der Waals surface area (Å²) < 4.78 is 6.38. The molecule has 4 aliphatic rings. The lowest BCUT2D eigenvalue weighted by Gasteiger charge is -2.49. The van der Waals surface area contributed by atoms with Gasteiger partial charge in [0.05, 0.1) is 57.5 Å². The molecule has 4 aromatic carbocycles. The molecule has 1 N–H and O–H groups in total. The van der Waals surface area contributed by atoms with E-state index in [1.165, 1.54) is 16.9 Å². The molecule has 0 spiro atoms. The van der Waals surface area contributed by atoms with E-state index in [1.54, 1.807) is 54.6 Å². The molecule has 280 valence electrons. The highest BCUT2D eigenvalue weighted by molar-refractivity contribution is 9.13. The van der Waals surface area contributed by atoms with Crippen molar-refractivity contribution in [2.45, 2.75) is 25.7 Å². The third-order valence-electron chi connectivity index (χ3n) is 11.7. The fourth-order valence-electron chi connectivity index (χ4n) is 9.02. The predicted octanol–water partition coefficient (Wildman–Crippen LogP) is 8.84. The molecule has 55 heavy (non-hydrogen) atoms. The van der Waals surface area contributed by atoms with E-state index in [0.29, 0.717) is 37.3 Å². The van der Waals surface area contributed by atoms with Crippen molar-refractivity contribution in [2.75, 3.05) is 35.9 Å². The molecule has 11 nitrogen and oxygen atoms in total. The van der Waals surface area contributed by atoms with Crippen LogP contribution in [0.5, 0.6) is 11.5 Å². The van der Waals surface area contributed by atoms with E-state index in [0.717, 1.165) is 11.3 Å². The highest BCUT2D eigenvalue weighted by Gasteiger charge is 2.68. The number of carbonyl (C=O) groups is 4. The minimum atomic E-state index is -1.27. The molecule has 4 aromatic rings. The second kappa shape index (κ2) is 13.9. The van der Waals surface area contributed by atoms with Gasteiger partial charge in [0.15, 0.2) is 11.5 Å². The van der Waals surface area contributed by atoms with Gasteiger partial charge in [-0.3, -0.25) is 24.1 Å². The number of hydrogen-bond acceptors (Lipinski definition) is 9. The van der Waals surface area contributed by atoms with E-state index in [2.05, 4.69) is 42.1 Å². The average molecular weight is 868 g/mol. The van der Waals surface area contributed by atoms with Crippen LogP contribution in [0.3, 0.4) is 0 Å². The number of para-hydroxylation sites is 1. The lowest BCUT2D eigenvalue weighted by atomic mass is 9.51. The number of imide groups is 2. The number of halogens is 2. The summed E-state index contributed by atoms with van der Waals surface area (Å²) in [6, 6.07) is 25.0. The standard InChI is InChI=1S/C42H37Br2N5O6/c1-42-31(39(52)49(41(42)54)25-8-6-5-7-9-25)20-29-27(34(42)30-21-32(55-4)37(50)36(44)35(30)43)18-19-28-33(29)40(53)48(38(28)51)26-16-12-23(13-17-26)46-45-22-10-14-24(15-11-22)47(2)3/h5-18,21,28-29,31,33-34,50H,19-20H2,1-4H3. The van der Waals surface area contributed by atoms with Gasteiger partial charge in [-0.2, -0.15) is 10.2 Å². The Bertz CT molecular complexity index is 2310. The number of azo groups is 1. The van der Waals surface area contributed by atoms with Gasteiger partial charge in [-0.25, -0.2) is 4.90 Å². The molecule has 3 fully saturated rings. The number of phenols is 1. The first-order chi connectivity index (χ1) is 26.4. The van der Waals surface area contributed by atoms with Crippen LogP contribution in [0.2, 0.25) is 0 Å². The van der Waals surface area contributed by atoms with Crippen LogP contribution in [-0.4, -0.2) is 49.9 Å². The smallest absolute Gasteiger partial charge is 0.241 e. The number of methoxy groups -OCH3 is 1. The molecule has 2 heterocycles. The van der Waals surface area contributed by atoms with Crippen molar-refractivity contribution in [3.8, 4) is 11.5 Å². The molecule has 1 saturated carbocycles. The van der Waals surface area contributed by atoms with Crippen molar-refractivity contribution in [2.24, 2.45) is 39.3 Å². The van der Waals surface area contributed by atoms with Crippen LogP contribution in [0, 0.1) is 29.1 Å². The Morgan fingerprint density at radius 1 is 0.800 bits per heavy atom. The Kier molecular flexibility index (Phi) is 9.28. The third kappa shape index (κ3) is 5.73. The molecule has 6 unspecified atom stereocenters. The zero-order valence-corrected chi connectivity index (χ0v) is 33.6. The summed E-state index contributed by atoms with van der Waals surface area (Å²) in [7, 11) is 5.37. The van der Waals surface area contributed by atoms with E-state index in [9.17, 15) is 24.3 Å². The highest BCUT2D eigenvalue weighted by atomic mass is 79.9. The van der Waals surface area contributed by atoms with Gasteiger partial charge >= 0.3 is 0 Å². The van der Waals surface area contributed by atoms with Crippen molar-refractivity contribution >= 4 is 83.9 Å². The van der Waals surface area contributed by atoms with E-state index < -0.39 is 35.0 Å². The van der Waals surface area contributed by atoms with E-state index >= 15 is 0 Å². The third-order valence-corrected chi connectivity index (χ3v) is 13.9. The summed E-state index contributed by atoms with van der Waals surface area (Å²) in [4.78, 5) is 62.5. The molecular weight excluding hydrogens is 830 g/mol. The molecule has 2 aliphatic heterocycles. The lowest BCUT2D eigenvalue weighted by molar-refractivity contribution is -0.131. The zero-order valence-electron chi connectivity index (χ0n) is 30.4. The van der Waals surface area contributed by atoms with Gasteiger partial charge in [-0.15, -0.1) is 0 Å². The molecule has 4 amide bonds. The average Bonchev–Trinajstić information content (AvgIpc) is 3.56. The van der Waals surface area contributed by atoms with Gasteiger partial charge in [0.2, 0.25) is 23.6 Å². The van der Waals surface area contributed by atoms with Crippen LogP contribution in [0.1, 0.15) is 31.2 Å². The highest BCUT2D eigenvalue weighted by Crippen LogP contribution is 2.65. The number of hydrogen-bond donors (Lipinski definition) is 1. The van der Waals surface area contributed by atoms with Gasteiger partial charge in [-0.05, 0) is 130 Å². The monoisotopic (exact) mass is 865 g/mol. The quantitative estimate of drug-likeness (QED) is 0.112. The van der Waals surface area contributed by atoms with E-state index in [4.69, 9.17) is 4.74 Å². The second-order valence-electron chi connectivity index (χ2n) is 14.8. The topological polar surface area (TPSA) is 132 Å². The largest absolute Gasteiger partial charge is 0.503 e. The molecule has 8 rings (SSSR count). The van der Waals surface area contributed by atoms with E-state index in [-0.39, 0.29) is 48.0 Å². The van der Waals surface area contributed by atoms with Crippen molar-refractivity contribution in [1.82, 2.24) is 0 Å². The summed E-state index contributed by atoms with van der Waals surface area (Å²) in [6.07, 6.45) is 2.49. The summed E-state index contributed by atoms with van der Waals surface area (Å²) in [5.74, 6) is -4.72. The maximum absolute atomic E-state index is 14.7. The van der Waals surface area contributed by atoms with Crippen LogP contribution in [0.25, 0.3) is 0 Å². The SMILES string of the molecule is COc1cc(C2C3=CCC4C(=O)N(c5ccc(N=Nc6ccc(N(C)C)cc6)cc5)C(=O)C4C3CC3C(=O)N(c4ccccc4)C(=O)C32C)c(Br)c(Br)c1O. The minimum absolute atomic E-state index is 0.122. The zero-order chi connectivity index (χ0) is 38.9. The van der Waals surface area contributed by atoms with Crippen LogP contribution >= 0.6 is 31.9 Å². The van der Waals surface area contributed by atoms with Crippen LogP contribution < -0.4 is 19.4 Å². The number of carbonyl (C=O) groups excluding carboxylic acids is 4. The maximum Gasteiger partial charge on any atom is 0.241 e. The van der Waals surface area contributed by atoms with Gasteiger partial charge in [0, 0.05) is 30.2 Å². The fourth-order valence-corrected chi connectivity index (χ4v) is 9.97. The van der Waals surface area contributed by atoms with Crippen molar-refractivity contribution < 1.29 is 29.0 Å². The number of anilines is 3. The number of nitrogens with zero attached hydrogens (tertiary/aromatic N) is 5. The molecule has 0 bridgehead atoms. The summed E-state index contributed by atoms with van der Waals surface area (Å²) >= 11 is 7.17.